The molecule has 2 amide bonds. The van der Waals surface area contributed by atoms with E-state index in [0.717, 1.165) is 22.2 Å². The normalized spacial score (nSPS) is 14.5. The van der Waals surface area contributed by atoms with Crippen molar-refractivity contribution in [1.82, 2.24) is 19.8 Å². The summed E-state index contributed by atoms with van der Waals surface area (Å²) in [5.74, 6) is -0.120. The van der Waals surface area contributed by atoms with Crippen LogP contribution in [0.1, 0.15) is 11.3 Å². The Kier molecular flexibility index (Phi) is 5.16. The number of fused-ring (bicyclic) bond motifs is 1. The summed E-state index contributed by atoms with van der Waals surface area (Å²) in [5.41, 5.74) is 2.66. The maximum Gasteiger partial charge on any atom is 0.410 e. The Labute approximate surface area is 166 Å². The van der Waals surface area contributed by atoms with Gasteiger partial charge in [0.15, 0.2) is 0 Å². The third-order valence-corrected chi connectivity index (χ3v) is 5.00. The monoisotopic (exact) mass is 398 g/mol. The van der Waals surface area contributed by atoms with Crippen LogP contribution < -0.4 is 0 Å². The molecule has 2 aromatic heterocycles. The lowest BCUT2D eigenvalue weighted by atomic mass is 10.2. The topological polar surface area (TPSA) is 78.5 Å². The van der Waals surface area contributed by atoms with Gasteiger partial charge in [0.05, 0.1) is 12.1 Å². The van der Waals surface area contributed by atoms with Gasteiger partial charge in [-0.1, -0.05) is 41.9 Å². The molecule has 1 N–H and O–H groups in total. The van der Waals surface area contributed by atoms with Gasteiger partial charge in [-0.05, 0) is 17.7 Å². The number of nitrogens with one attached hydrogen (secondary N) is 1. The van der Waals surface area contributed by atoms with E-state index in [1.807, 2.05) is 42.5 Å². The molecule has 144 valence electrons. The first-order valence-corrected chi connectivity index (χ1v) is 9.33. The molecular formula is C20H19ClN4O3. The van der Waals surface area contributed by atoms with Crippen LogP contribution in [-0.2, 0) is 22.7 Å². The number of hydrogen-bond acceptors (Lipinski definition) is 4. The van der Waals surface area contributed by atoms with Crippen molar-refractivity contribution in [3.05, 3.63) is 65.1 Å². The first-order valence-electron chi connectivity index (χ1n) is 8.95. The van der Waals surface area contributed by atoms with Gasteiger partial charge in [-0.3, -0.25) is 9.69 Å². The third-order valence-electron chi connectivity index (χ3n) is 4.70. The van der Waals surface area contributed by atoms with Crippen LogP contribution >= 0.6 is 11.6 Å². The van der Waals surface area contributed by atoms with Gasteiger partial charge in [0.25, 0.3) is 0 Å². The fraction of sp³-hybridized carbons (Fsp3) is 0.250. The van der Waals surface area contributed by atoms with Crippen LogP contribution in [0, 0.1) is 0 Å². The molecule has 0 aliphatic carbocycles. The highest BCUT2D eigenvalue weighted by atomic mass is 35.5. The van der Waals surface area contributed by atoms with E-state index in [1.165, 1.54) is 4.90 Å². The van der Waals surface area contributed by atoms with E-state index >= 15 is 0 Å². The summed E-state index contributed by atoms with van der Waals surface area (Å²) < 4.78 is 5.31. The third kappa shape index (κ3) is 3.94. The van der Waals surface area contributed by atoms with Crippen molar-refractivity contribution >= 4 is 34.5 Å². The van der Waals surface area contributed by atoms with E-state index in [9.17, 15) is 9.59 Å². The lowest BCUT2D eigenvalue weighted by molar-refractivity contribution is -0.136. The van der Waals surface area contributed by atoms with Crippen LogP contribution in [0.5, 0.6) is 0 Å². The largest absolute Gasteiger partial charge is 0.445 e. The van der Waals surface area contributed by atoms with Gasteiger partial charge in [-0.2, -0.15) is 0 Å². The fourth-order valence-electron chi connectivity index (χ4n) is 3.21. The number of ether oxygens (including phenoxy) is 1. The molecule has 0 bridgehead atoms. The minimum Gasteiger partial charge on any atom is -0.445 e. The van der Waals surface area contributed by atoms with Crippen molar-refractivity contribution in [2.24, 2.45) is 0 Å². The lowest BCUT2D eigenvalue weighted by Crippen LogP contribution is -2.51. The molecule has 1 saturated heterocycles. The van der Waals surface area contributed by atoms with Gasteiger partial charge in [0.2, 0.25) is 5.91 Å². The van der Waals surface area contributed by atoms with Crippen molar-refractivity contribution in [2.75, 3.05) is 19.6 Å². The predicted molar refractivity (Wildman–Crippen MR) is 105 cm³/mol. The van der Waals surface area contributed by atoms with Gasteiger partial charge < -0.3 is 14.6 Å². The van der Waals surface area contributed by atoms with E-state index in [0.29, 0.717) is 24.8 Å². The lowest BCUT2D eigenvalue weighted by Gasteiger charge is -2.33. The number of H-pyrrole nitrogens is 1. The minimum atomic E-state index is -0.472. The SMILES string of the molecule is O=C1CN(C(=O)OCc2ccccc2)CCN1Cc1cc2c(Cl)nccc2[nH]1. The van der Waals surface area contributed by atoms with Crippen molar-refractivity contribution in [3.8, 4) is 0 Å². The Hall–Kier alpha value is -3.06. The summed E-state index contributed by atoms with van der Waals surface area (Å²) >= 11 is 6.10. The number of carbonyl (C=O) groups excluding carboxylic acids is 2. The van der Waals surface area contributed by atoms with E-state index in [-0.39, 0.29) is 19.1 Å². The zero-order valence-corrected chi connectivity index (χ0v) is 15.9. The molecular weight excluding hydrogens is 380 g/mol. The number of nitrogens with zero attached hydrogens (tertiary/aromatic N) is 3. The summed E-state index contributed by atoms with van der Waals surface area (Å²) in [4.78, 5) is 35.2. The molecule has 3 aromatic rings. The quantitative estimate of drug-likeness (QED) is 0.684. The number of amides is 2. The van der Waals surface area contributed by atoms with Crippen LogP contribution in [0.3, 0.4) is 0 Å². The van der Waals surface area contributed by atoms with Crippen molar-refractivity contribution < 1.29 is 14.3 Å². The Bertz CT molecular complexity index is 1010. The highest BCUT2D eigenvalue weighted by Crippen LogP contribution is 2.23. The molecule has 8 heteroatoms. The fourth-order valence-corrected chi connectivity index (χ4v) is 3.42. The number of carbonyl (C=O) groups is 2. The Balaban J connectivity index is 1.33. The average Bonchev–Trinajstić information content (AvgIpc) is 3.12. The summed E-state index contributed by atoms with van der Waals surface area (Å²) in [5, 5.41) is 1.26. The van der Waals surface area contributed by atoms with Crippen LogP contribution in [-0.4, -0.2) is 51.4 Å². The second-order valence-electron chi connectivity index (χ2n) is 6.63. The summed E-state index contributed by atoms with van der Waals surface area (Å²) in [6, 6.07) is 13.2. The van der Waals surface area contributed by atoms with Crippen molar-refractivity contribution in [3.63, 3.8) is 0 Å². The molecule has 28 heavy (non-hydrogen) atoms. The summed E-state index contributed by atoms with van der Waals surface area (Å²) in [7, 11) is 0. The molecule has 0 radical (unpaired) electrons. The van der Waals surface area contributed by atoms with Gasteiger partial charge in [-0.25, -0.2) is 9.78 Å². The highest BCUT2D eigenvalue weighted by Gasteiger charge is 2.28. The molecule has 0 unspecified atom stereocenters. The summed E-state index contributed by atoms with van der Waals surface area (Å²) in [6.07, 6.45) is 1.16. The molecule has 7 nitrogen and oxygen atoms in total. The standard InChI is InChI=1S/C20H19ClN4O3/c21-19-16-10-15(23-17(16)6-7-22-19)11-24-8-9-25(12-18(24)26)20(27)28-13-14-4-2-1-3-5-14/h1-7,10,23H,8-9,11-13H2. The molecule has 4 rings (SSSR count). The number of rotatable bonds is 4. The van der Waals surface area contributed by atoms with Gasteiger partial charge in [-0.15, -0.1) is 0 Å². The van der Waals surface area contributed by atoms with Gasteiger partial charge >= 0.3 is 6.09 Å². The zero-order chi connectivity index (χ0) is 19.5. The van der Waals surface area contributed by atoms with E-state index in [4.69, 9.17) is 16.3 Å². The average molecular weight is 399 g/mol. The van der Waals surface area contributed by atoms with Crippen LogP contribution in [0.2, 0.25) is 5.15 Å². The molecule has 1 aromatic carbocycles. The van der Waals surface area contributed by atoms with E-state index in [1.54, 1.807) is 11.1 Å². The smallest absolute Gasteiger partial charge is 0.410 e. The zero-order valence-electron chi connectivity index (χ0n) is 15.1. The second-order valence-corrected chi connectivity index (χ2v) is 6.99. The van der Waals surface area contributed by atoms with Crippen LogP contribution in [0.4, 0.5) is 4.79 Å². The number of pyridine rings is 1. The number of hydrogen-bond donors (Lipinski definition) is 1. The Morgan fingerprint density at radius 3 is 2.79 bits per heavy atom. The molecule has 1 fully saturated rings. The Morgan fingerprint density at radius 1 is 1.21 bits per heavy atom. The Morgan fingerprint density at radius 2 is 2.04 bits per heavy atom. The van der Waals surface area contributed by atoms with Crippen LogP contribution in [0.25, 0.3) is 10.9 Å². The minimum absolute atomic E-state index is 0.0101. The van der Waals surface area contributed by atoms with E-state index < -0.39 is 6.09 Å². The molecule has 3 heterocycles. The van der Waals surface area contributed by atoms with Crippen molar-refractivity contribution in [1.29, 1.82) is 0 Å². The summed E-state index contributed by atoms with van der Waals surface area (Å²) in [6.45, 7) is 1.51. The maximum absolute atomic E-state index is 12.5. The second kappa shape index (κ2) is 7.90. The van der Waals surface area contributed by atoms with Gasteiger partial charge in [0, 0.05) is 30.4 Å². The van der Waals surface area contributed by atoms with Gasteiger partial charge in [0.1, 0.15) is 18.3 Å². The number of aromatic nitrogens is 2. The number of benzene rings is 1. The first-order chi connectivity index (χ1) is 13.6. The molecule has 0 saturated carbocycles. The van der Waals surface area contributed by atoms with E-state index in [2.05, 4.69) is 9.97 Å². The highest BCUT2D eigenvalue weighted by molar-refractivity contribution is 6.34. The number of halogens is 1. The number of aromatic amines is 1. The predicted octanol–water partition coefficient (Wildman–Crippen LogP) is 3.20. The first kappa shape index (κ1) is 18.3. The number of piperazine rings is 1. The molecule has 1 aliphatic heterocycles. The molecule has 1 aliphatic rings. The van der Waals surface area contributed by atoms with Crippen LogP contribution in [0.15, 0.2) is 48.7 Å². The molecule has 0 atom stereocenters. The maximum atomic E-state index is 12.5. The van der Waals surface area contributed by atoms with Crippen molar-refractivity contribution in [2.45, 2.75) is 13.2 Å². The molecule has 0 spiro atoms.